The SMILES string of the molecule is O=C(N/N=C\c1cccs1)c1cccc(S(=O)(=O)Nc2ccc(Cl)cc2)c1. The molecule has 0 atom stereocenters. The van der Waals surface area contributed by atoms with Crippen molar-refractivity contribution in [1.29, 1.82) is 0 Å². The maximum absolute atomic E-state index is 12.5. The smallest absolute Gasteiger partial charge is 0.271 e. The summed E-state index contributed by atoms with van der Waals surface area (Å²) in [5.74, 6) is -0.508. The van der Waals surface area contributed by atoms with E-state index in [0.29, 0.717) is 10.7 Å². The highest BCUT2D eigenvalue weighted by Gasteiger charge is 2.16. The van der Waals surface area contributed by atoms with Crippen LogP contribution in [0.3, 0.4) is 0 Å². The molecule has 0 fully saturated rings. The van der Waals surface area contributed by atoms with Gasteiger partial charge in [0.15, 0.2) is 0 Å². The molecular weight excluding hydrogens is 406 g/mol. The minimum Gasteiger partial charge on any atom is -0.280 e. The topological polar surface area (TPSA) is 87.6 Å². The second-order valence-electron chi connectivity index (χ2n) is 5.35. The molecule has 0 unspecified atom stereocenters. The number of rotatable bonds is 6. The highest BCUT2D eigenvalue weighted by atomic mass is 35.5. The van der Waals surface area contributed by atoms with Gasteiger partial charge in [0.05, 0.1) is 11.1 Å². The standard InChI is InChI=1S/C18H14ClN3O3S2/c19-14-6-8-15(9-7-14)22-27(24,25)17-5-1-3-13(11-17)18(23)21-20-12-16-4-2-10-26-16/h1-12,22H,(H,21,23)/b20-12-. The van der Waals surface area contributed by atoms with Crippen LogP contribution in [-0.4, -0.2) is 20.5 Å². The number of carbonyl (C=O) groups is 1. The molecule has 2 N–H and O–H groups in total. The second kappa shape index (κ2) is 8.34. The Bertz CT molecular complexity index is 1060. The fourth-order valence-corrected chi connectivity index (χ4v) is 3.94. The number of hydrogen-bond donors (Lipinski definition) is 2. The first kappa shape index (κ1) is 19.1. The molecule has 0 radical (unpaired) electrons. The number of amides is 1. The second-order valence-corrected chi connectivity index (χ2v) is 8.45. The van der Waals surface area contributed by atoms with Crippen LogP contribution in [0, 0.1) is 0 Å². The van der Waals surface area contributed by atoms with Crippen molar-refractivity contribution in [1.82, 2.24) is 5.43 Å². The fourth-order valence-electron chi connectivity index (χ4n) is 2.12. The van der Waals surface area contributed by atoms with Crippen LogP contribution in [0.5, 0.6) is 0 Å². The molecule has 0 spiro atoms. The highest BCUT2D eigenvalue weighted by molar-refractivity contribution is 7.92. The van der Waals surface area contributed by atoms with Gasteiger partial charge in [-0.2, -0.15) is 5.10 Å². The minimum absolute atomic E-state index is 0.0349. The summed E-state index contributed by atoms with van der Waals surface area (Å²) in [5.41, 5.74) is 2.93. The first-order valence-corrected chi connectivity index (χ1v) is 10.4. The maximum Gasteiger partial charge on any atom is 0.271 e. The third-order valence-electron chi connectivity index (χ3n) is 3.40. The van der Waals surface area contributed by atoms with Gasteiger partial charge < -0.3 is 0 Å². The number of halogens is 1. The molecule has 138 valence electrons. The normalized spacial score (nSPS) is 11.4. The number of anilines is 1. The molecule has 0 bridgehead atoms. The molecule has 2 aromatic carbocycles. The number of thiophene rings is 1. The molecular formula is C18H14ClN3O3S2. The molecule has 6 nitrogen and oxygen atoms in total. The van der Waals surface area contributed by atoms with Crippen molar-refractivity contribution in [2.75, 3.05) is 4.72 Å². The molecule has 0 aliphatic rings. The number of carbonyl (C=O) groups excluding carboxylic acids is 1. The Balaban J connectivity index is 1.73. The summed E-state index contributed by atoms with van der Waals surface area (Å²) >= 11 is 7.28. The average molecular weight is 420 g/mol. The zero-order chi connectivity index (χ0) is 19.3. The lowest BCUT2D eigenvalue weighted by atomic mass is 10.2. The summed E-state index contributed by atoms with van der Waals surface area (Å²) < 4.78 is 27.5. The Morgan fingerprint density at radius 2 is 1.85 bits per heavy atom. The van der Waals surface area contributed by atoms with E-state index in [-0.39, 0.29) is 10.5 Å². The van der Waals surface area contributed by atoms with Gasteiger partial charge in [0.25, 0.3) is 15.9 Å². The zero-order valence-electron chi connectivity index (χ0n) is 13.8. The van der Waals surface area contributed by atoms with Crippen LogP contribution in [0.4, 0.5) is 5.69 Å². The van der Waals surface area contributed by atoms with Gasteiger partial charge in [-0.05, 0) is 53.9 Å². The first-order valence-electron chi connectivity index (χ1n) is 7.69. The third-order valence-corrected chi connectivity index (χ3v) is 5.84. The van der Waals surface area contributed by atoms with Crippen molar-refractivity contribution in [3.8, 4) is 0 Å². The van der Waals surface area contributed by atoms with E-state index >= 15 is 0 Å². The van der Waals surface area contributed by atoms with E-state index in [2.05, 4.69) is 15.2 Å². The number of sulfonamides is 1. The Labute approximate surface area is 165 Å². The van der Waals surface area contributed by atoms with E-state index in [9.17, 15) is 13.2 Å². The molecule has 0 saturated carbocycles. The number of hydrazone groups is 1. The van der Waals surface area contributed by atoms with Gasteiger partial charge in [-0.25, -0.2) is 13.8 Å². The van der Waals surface area contributed by atoms with Crippen molar-refractivity contribution in [3.63, 3.8) is 0 Å². The summed E-state index contributed by atoms with van der Waals surface area (Å²) in [5, 5.41) is 6.26. The molecule has 3 rings (SSSR count). The minimum atomic E-state index is -3.85. The molecule has 0 aliphatic heterocycles. The Morgan fingerprint density at radius 1 is 1.07 bits per heavy atom. The molecule has 0 aliphatic carbocycles. The van der Waals surface area contributed by atoms with Gasteiger partial charge in [0.1, 0.15) is 0 Å². The summed E-state index contributed by atoms with van der Waals surface area (Å²) in [6.45, 7) is 0. The Morgan fingerprint density at radius 3 is 2.56 bits per heavy atom. The maximum atomic E-state index is 12.5. The zero-order valence-corrected chi connectivity index (χ0v) is 16.2. The van der Waals surface area contributed by atoms with Gasteiger partial charge in [-0.3, -0.25) is 9.52 Å². The van der Waals surface area contributed by atoms with Crippen LogP contribution in [0.25, 0.3) is 0 Å². The molecule has 1 aromatic heterocycles. The Kier molecular flexibility index (Phi) is 5.90. The fraction of sp³-hybridized carbons (Fsp3) is 0. The van der Waals surface area contributed by atoms with E-state index in [4.69, 9.17) is 11.6 Å². The van der Waals surface area contributed by atoms with Gasteiger partial charge in [0.2, 0.25) is 0 Å². The van der Waals surface area contributed by atoms with E-state index in [1.165, 1.54) is 41.8 Å². The predicted molar refractivity (Wildman–Crippen MR) is 108 cm³/mol. The van der Waals surface area contributed by atoms with E-state index in [1.54, 1.807) is 24.3 Å². The van der Waals surface area contributed by atoms with E-state index in [1.807, 2.05) is 17.5 Å². The van der Waals surface area contributed by atoms with Crippen LogP contribution in [0.1, 0.15) is 15.2 Å². The molecule has 1 amide bonds. The van der Waals surface area contributed by atoms with Crippen molar-refractivity contribution in [2.24, 2.45) is 5.10 Å². The van der Waals surface area contributed by atoms with Crippen molar-refractivity contribution >= 4 is 50.8 Å². The quantitative estimate of drug-likeness (QED) is 0.468. The van der Waals surface area contributed by atoms with Gasteiger partial charge in [-0.15, -0.1) is 11.3 Å². The summed E-state index contributed by atoms with van der Waals surface area (Å²) in [4.78, 5) is 13.0. The molecule has 1 heterocycles. The first-order chi connectivity index (χ1) is 12.9. The van der Waals surface area contributed by atoms with Gasteiger partial charge >= 0.3 is 0 Å². The summed E-state index contributed by atoms with van der Waals surface area (Å²) in [6, 6.07) is 15.7. The number of hydrogen-bond acceptors (Lipinski definition) is 5. The van der Waals surface area contributed by atoms with Crippen LogP contribution in [0.2, 0.25) is 5.02 Å². The lowest BCUT2D eigenvalue weighted by Crippen LogP contribution is -2.19. The summed E-state index contributed by atoms with van der Waals surface area (Å²) in [6.07, 6.45) is 1.52. The predicted octanol–water partition coefficient (Wildman–Crippen LogP) is 3.97. The van der Waals surface area contributed by atoms with Crippen LogP contribution < -0.4 is 10.1 Å². The summed E-state index contributed by atoms with van der Waals surface area (Å²) in [7, 11) is -3.85. The van der Waals surface area contributed by atoms with Crippen LogP contribution in [0.15, 0.2) is 76.0 Å². The number of nitrogens with zero attached hydrogens (tertiary/aromatic N) is 1. The monoisotopic (exact) mass is 419 g/mol. The third kappa shape index (κ3) is 5.16. The average Bonchev–Trinajstić information content (AvgIpc) is 3.17. The number of nitrogens with one attached hydrogen (secondary N) is 2. The number of benzene rings is 2. The molecule has 3 aromatic rings. The van der Waals surface area contributed by atoms with Crippen molar-refractivity contribution in [3.05, 3.63) is 81.5 Å². The van der Waals surface area contributed by atoms with Crippen molar-refractivity contribution < 1.29 is 13.2 Å². The Hall–Kier alpha value is -2.68. The molecule has 27 heavy (non-hydrogen) atoms. The highest BCUT2D eigenvalue weighted by Crippen LogP contribution is 2.19. The molecule has 0 saturated heterocycles. The van der Waals surface area contributed by atoms with Crippen molar-refractivity contribution in [2.45, 2.75) is 4.90 Å². The van der Waals surface area contributed by atoms with Gasteiger partial charge in [0, 0.05) is 21.2 Å². The lowest BCUT2D eigenvalue weighted by molar-refractivity contribution is 0.0955. The van der Waals surface area contributed by atoms with E-state index < -0.39 is 15.9 Å². The van der Waals surface area contributed by atoms with Crippen LogP contribution >= 0.6 is 22.9 Å². The van der Waals surface area contributed by atoms with Crippen LogP contribution in [-0.2, 0) is 10.0 Å². The lowest BCUT2D eigenvalue weighted by Gasteiger charge is -2.09. The van der Waals surface area contributed by atoms with E-state index in [0.717, 1.165) is 4.88 Å². The largest absolute Gasteiger partial charge is 0.280 e. The van der Waals surface area contributed by atoms with Gasteiger partial charge in [-0.1, -0.05) is 23.7 Å². The molecule has 9 heteroatoms.